The number of aryl methyl sites for hydroxylation is 1. The van der Waals surface area contributed by atoms with Gasteiger partial charge in [-0.25, -0.2) is 9.59 Å². The van der Waals surface area contributed by atoms with E-state index >= 15 is 0 Å². The van der Waals surface area contributed by atoms with Crippen molar-refractivity contribution in [2.45, 2.75) is 24.8 Å². The normalized spacial score (nSPS) is 20.4. The summed E-state index contributed by atoms with van der Waals surface area (Å²) < 4.78 is 6.80. The van der Waals surface area contributed by atoms with Crippen molar-refractivity contribution >= 4 is 23.0 Å². The monoisotopic (exact) mass is 392 g/mol. The average molecular weight is 392 g/mol. The number of carbonyl (C=O) groups is 2. The fourth-order valence-electron chi connectivity index (χ4n) is 4.57. The number of esters is 1. The molecule has 2 aliphatic rings. The number of nitrogens with zero attached hydrogens (tertiary/aromatic N) is 4. The maximum Gasteiger partial charge on any atom is 0.407 e. The summed E-state index contributed by atoms with van der Waals surface area (Å²) in [5.74, 6) is -0.385. The zero-order valence-electron chi connectivity index (χ0n) is 16.0. The summed E-state index contributed by atoms with van der Waals surface area (Å²) in [6.45, 7) is 1.87. The van der Waals surface area contributed by atoms with E-state index in [9.17, 15) is 14.7 Å². The van der Waals surface area contributed by atoms with Crippen LogP contribution in [0, 0.1) is 0 Å². The Bertz CT molecular complexity index is 1150. The van der Waals surface area contributed by atoms with Gasteiger partial charge in [0, 0.05) is 47.9 Å². The second kappa shape index (κ2) is 6.30. The topological polar surface area (TPSA) is 97.5 Å². The highest BCUT2D eigenvalue weighted by atomic mass is 16.5. The number of rotatable bonds is 2. The Morgan fingerprint density at radius 3 is 2.76 bits per heavy atom. The first kappa shape index (κ1) is 17.7. The van der Waals surface area contributed by atoms with Gasteiger partial charge in [0.1, 0.15) is 0 Å². The number of amides is 1. The number of aromatic nitrogens is 3. The van der Waals surface area contributed by atoms with Gasteiger partial charge in [-0.1, -0.05) is 0 Å². The summed E-state index contributed by atoms with van der Waals surface area (Å²) in [5.41, 5.74) is 3.89. The number of pyridine rings is 1. The standard InChI is InChI=1S/C21H20N4O4/c1-29-19(26)13-2-3-16-14(8-13)9-15(11-22-16)17-10-18-21(5-7-25(18)23-17)4-6-24(12-21)20(27)28/h2-3,8-11H,4-7,12H2,1H3,(H,27,28)/t21-/m0/s1. The number of hydrogen-bond donors (Lipinski definition) is 1. The van der Waals surface area contributed by atoms with E-state index in [1.54, 1.807) is 24.4 Å². The lowest BCUT2D eigenvalue weighted by Crippen LogP contribution is -2.32. The number of hydrogen-bond acceptors (Lipinski definition) is 5. The van der Waals surface area contributed by atoms with E-state index in [0.717, 1.165) is 47.2 Å². The van der Waals surface area contributed by atoms with Gasteiger partial charge in [0.05, 0.1) is 23.9 Å². The molecule has 1 spiro atoms. The summed E-state index contributed by atoms with van der Waals surface area (Å²) >= 11 is 0. The summed E-state index contributed by atoms with van der Waals surface area (Å²) in [7, 11) is 1.36. The molecule has 0 radical (unpaired) electrons. The molecule has 1 saturated heterocycles. The van der Waals surface area contributed by atoms with E-state index in [0.29, 0.717) is 18.7 Å². The van der Waals surface area contributed by atoms with Crippen molar-refractivity contribution in [2.75, 3.05) is 20.2 Å². The Kier molecular flexibility index (Phi) is 3.84. The Balaban J connectivity index is 1.51. The third kappa shape index (κ3) is 2.74. The van der Waals surface area contributed by atoms with Crippen molar-refractivity contribution in [1.29, 1.82) is 0 Å². The molecule has 4 heterocycles. The minimum absolute atomic E-state index is 0.147. The molecule has 1 amide bonds. The molecule has 3 aromatic rings. The Morgan fingerprint density at radius 2 is 2.00 bits per heavy atom. The van der Waals surface area contributed by atoms with E-state index in [-0.39, 0.29) is 11.4 Å². The number of methoxy groups -OCH3 is 1. The van der Waals surface area contributed by atoms with Crippen LogP contribution in [0.2, 0.25) is 0 Å². The number of likely N-dealkylation sites (tertiary alicyclic amines) is 1. The maximum absolute atomic E-state index is 11.8. The van der Waals surface area contributed by atoms with Crippen molar-refractivity contribution in [3.63, 3.8) is 0 Å². The molecule has 1 aromatic carbocycles. The second-order valence-corrected chi connectivity index (χ2v) is 7.75. The van der Waals surface area contributed by atoms with Crippen molar-refractivity contribution in [3.05, 3.63) is 47.8 Å². The SMILES string of the molecule is COC(=O)c1ccc2ncc(-c3cc4n(n3)CC[C@]43CCN(C(=O)O)C3)cc2c1. The molecule has 8 nitrogen and oxygen atoms in total. The largest absolute Gasteiger partial charge is 0.465 e. The molecule has 29 heavy (non-hydrogen) atoms. The maximum atomic E-state index is 11.8. The van der Waals surface area contributed by atoms with Crippen molar-refractivity contribution < 1.29 is 19.4 Å². The zero-order chi connectivity index (χ0) is 20.2. The number of carboxylic acid groups (broad SMARTS) is 1. The Morgan fingerprint density at radius 1 is 1.17 bits per heavy atom. The van der Waals surface area contributed by atoms with E-state index in [1.807, 2.05) is 10.7 Å². The first-order valence-corrected chi connectivity index (χ1v) is 9.54. The van der Waals surface area contributed by atoms with Crippen LogP contribution in [0.5, 0.6) is 0 Å². The quantitative estimate of drug-likeness (QED) is 0.674. The zero-order valence-corrected chi connectivity index (χ0v) is 16.0. The van der Waals surface area contributed by atoms with Crippen molar-refractivity contribution in [3.8, 4) is 11.3 Å². The van der Waals surface area contributed by atoms with E-state index < -0.39 is 6.09 Å². The van der Waals surface area contributed by atoms with E-state index in [2.05, 4.69) is 11.1 Å². The number of ether oxygens (including phenoxy) is 1. The smallest absolute Gasteiger partial charge is 0.407 e. The predicted octanol–water partition coefficient (Wildman–Crippen LogP) is 2.91. The van der Waals surface area contributed by atoms with Crippen LogP contribution < -0.4 is 0 Å². The first-order chi connectivity index (χ1) is 14.0. The lowest BCUT2D eigenvalue weighted by atomic mass is 9.82. The molecular weight excluding hydrogens is 372 g/mol. The fraction of sp³-hybridized carbons (Fsp3) is 0.333. The molecule has 0 saturated carbocycles. The predicted molar refractivity (Wildman–Crippen MR) is 105 cm³/mol. The van der Waals surface area contributed by atoms with Crippen LogP contribution in [0.1, 0.15) is 28.9 Å². The number of benzene rings is 1. The van der Waals surface area contributed by atoms with Crippen LogP contribution in [-0.2, 0) is 16.7 Å². The van der Waals surface area contributed by atoms with Crippen molar-refractivity contribution in [1.82, 2.24) is 19.7 Å². The van der Waals surface area contributed by atoms with Crippen LogP contribution in [0.15, 0.2) is 36.5 Å². The molecule has 1 fully saturated rings. The second-order valence-electron chi connectivity index (χ2n) is 7.75. The fourth-order valence-corrected chi connectivity index (χ4v) is 4.57. The van der Waals surface area contributed by atoms with Gasteiger partial charge in [-0.15, -0.1) is 0 Å². The van der Waals surface area contributed by atoms with Gasteiger partial charge in [-0.3, -0.25) is 9.67 Å². The summed E-state index contributed by atoms with van der Waals surface area (Å²) in [6, 6.07) is 9.30. The average Bonchev–Trinajstić information content (AvgIpc) is 3.43. The molecule has 0 aliphatic carbocycles. The van der Waals surface area contributed by atoms with Crippen LogP contribution in [0.4, 0.5) is 4.79 Å². The van der Waals surface area contributed by atoms with Crippen LogP contribution in [0.25, 0.3) is 22.2 Å². The molecule has 148 valence electrons. The highest BCUT2D eigenvalue weighted by Crippen LogP contribution is 2.43. The van der Waals surface area contributed by atoms with E-state index in [1.165, 1.54) is 12.0 Å². The lowest BCUT2D eigenvalue weighted by Gasteiger charge is -2.21. The molecule has 0 bridgehead atoms. The third-order valence-corrected chi connectivity index (χ3v) is 6.15. The summed E-state index contributed by atoms with van der Waals surface area (Å²) in [4.78, 5) is 29.2. The molecule has 5 rings (SSSR count). The van der Waals surface area contributed by atoms with Gasteiger partial charge in [0.2, 0.25) is 0 Å². The highest BCUT2D eigenvalue weighted by molar-refractivity contribution is 5.95. The Hall–Kier alpha value is -3.42. The number of carbonyl (C=O) groups excluding carboxylic acids is 1. The molecule has 0 unspecified atom stereocenters. The molecule has 1 N–H and O–H groups in total. The Labute approximate surface area is 166 Å². The molecule has 1 atom stereocenters. The number of fused-ring (bicyclic) bond motifs is 3. The van der Waals surface area contributed by atoms with Crippen LogP contribution in [-0.4, -0.2) is 57.0 Å². The minimum atomic E-state index is -0.861. The van der Waals surface area contributed by atoms with Crippen molar-refractivity contribution in [2.24, 2.45) is 0 Å². The molecule has 2 aromatic heterocycles. The summed E-state index contributed by atoms with van der Waals surface area (Å²) in [5, 5.41) is 14.9. The molecule has 8 heteroatoms. The van der Waals surface area contributed by atoms with Crippen LogP contribution in [0.3, 0.4) is 0 Å². The first-order valence-electron chi connectivity index (χ1n) is 9.54. The van der Waals surface area contributed by atoms with Gasteiger partial charge in [-0.05, 0) is 43.2 Å². The molecule has 2 aliphatic heterocycles. The lowest BCUT2D eigenvalue weighted by molar-refractivity contribution is 0.0601. The van der Waals surface area contributed by atoms with Crippen LogP contribution >= 0.6 is 0 Å². The van der Waals surface area contributed by atoms with E-state index in [4.69, 9.17) is 9.84 Å². The van der Waals surface area contributed by atoms with Gasteiger partial charge < -0.3 is 14.7 Å². The molecular formula is C21H20N4O4. The summed E-state index contributed by atoms with van der Waals surface area (Å²) in [6.07, 6.45) is 2.66. The van der Waals surface area contributed by atoms with Gasteiger partial charge in [0.15, 0.2) is 0 Å². The highest BCUT2D eigenvalue weighted by Gasteiger charge is 2.46. The third-order valence-electron chi connectivity index (χ3n) is 6.15. The minimum Gasteiger partial charge on any atom is -0.465 e. The van der Waals surface area contributed by atoms with Gasteiger partial charge in [-0.2, -0.15) is 5.10 Å². The van der Waals surface area contributed by atoms with Gasteiger partial charge in [0.25, 0.3) is 0 Å². The van der Waals surface area contributed by atoms with Gasteiger partial charge >= 0.3 is 12.1 Å².